The van der Waals surface area contributed by atoms with Crippen LogP contribution in [0.25, 0.3) is 10.8 Å². The minimum absolute atomic E-state index is 0.164. The SMILES string of the molecule is O=C(N[C@H](C(=O)N/N=C\c1ccc(Cl)cc1Cl)c1n[nH]c(=O)c2ccccc12)c1ccccc1. The summed E-state index contributed by atoms with van der Waals surface area (Å²) in [6, 6.07) is 18.6. The van der Waals surface area contributed by atoms with Crippen LogP contribution in [0.5, 0.6) is 0 Å². The van der Waals surface area contributed by atoms with E-state index in [1.165, 1.54) is 6.21 Å². The van der Waals surface area contributed by atoms with E-state index in [1.54, 1.807) is 72.8 Å². The van der Waals surface area contributed by atoms with Crippen LogP contribution in [0.15, 0.2) is 82.7 Å². The van der Waals surface area contributed by atoms with Crippen LogP contribution >= 0.6 is 23.2 Å². The average Bonchev–Trinajstić information content (AvgIpc) is 2.85. The number of aromatic amines is 1. The van der Waals surface area contributed by atoms with Gasteiger partial charge in [0.25, 0.3) is 17.4 Å². The van der Waals surface area contributed by atoms with Gasteiger partial charge in [-0.2, -0.15) is 10.2 Å². The number of halogens is 2. The van der Waals surface area contributed by atoms with Gasteiger partial charge in [-0.15, -0.1) is 0 Å². The van der Waals surface area contributed by atoms with Crippen LogP contribution in [-0.2, 0) is 4.79 Å². The molecule has 0 saturated heterocycles. The molecule has 1 atom stereocenters. The highest BCUT2D eigenvalue weighted by atomic mass is 35.5. The van der Waals surface area contributed by atoms with Gasteiger partial charge in [-0.05, 0) is 30.3 Å². The van der Waals surface area contributed by atoms with Crippen molar-refractivity contribution in [2.45, 2.75) is 6.04 Å². The molecule has 0 fully saturated rings. The first-order valence-corrected chi connectivity index (χ1v) is 10.8. The van der Waals surface area contributed by atoms with Gasteiger partial charge >= 0.3 is 0 Å². The maximum atomic E-state index is 13.1. The van der Waals surface area contributed by atoms with Crippen LogP contribution in [0.4, 0.5) is 0 Å². The Bertz CT molecular complexity index is 1450. The molecule has 4 aromatic rings. The van der Waals surface area contributed by atoms with E-state index in [-0.39, 0.29) is 5.69 Å². The normalized spacial score (nSPS) is 11.9. The van der Waals surface area contributed by atoms with Gasteiger partial charge in [-0.3, -0.25) is 14.4 Å². The molecule has 1 aromatic heterocycles. The maximum Gasteiger partial charge on any atom is 0.272 e. The number of H-pyrrole nitrogens is 1. The summed E-state index contributed by atoms with van der Waals surface area (Å²) in [5.41, 5.74) is 3.03. The van der Waals surface area contributed by atoms with E-state index >= 15 is 0 Å². The minimum Gasteiger partial charge on any atom is -0.335 e. The average molecular weight is 494 g/mol. The van der Waals surface area contributed by atoms with E-state index in [2.05, 4.69) is 26.0 Å². The Hall–Kier alpha value is -4.01. The second-order valence-corrected chi connectivity index (χ2v) is 8.00. The van der Waals surface area contributed by atoms with Gasteiger partial charge in [0.05, 0.1) is 16.6 Å². The summed E-state index contributed by atoms with van der Waals surface area (Å²) in [6.07, 6.45) is 1.35. The zero-order valence-electron chi connectivity index (χ0n) is 17.5. The Morgan fingerprint density at radius 3 is 2.41 bits per heavy atom. The first kappa shape index (κ1) is 23.2. The molecule has 0 aliphatic heterocycles. The van der Waals surface area contributed by atoms with Crippen LogP contribution in [0.2, 0.25) is 10.0 Å². The Kier molecular flexibility index (Phi) is 7.01. The number of hydrogen-bond acceptors (Lipinski definition) is 5. The zero-order chi connectivity index (χ0) is 24.1. The summed E-state index contributed by atoms with van der Waals surface area (Å²) in [5, 5.41) is 14.6. The van der Waals surface area contributed by atoms with Gasteiger partial charge in [0.1, 0.15) is 5.69 Å². The monoisotopic (exact) mass is 493 g/mol. The first-order valence-electron chi connectivity index (χ1n) is 10.1. The molecule has 3 N–H and O–H groups in total. The van der Waals surface area contributed by atoms with Crippen molar-refractivity contribution in [3.63, 3.8) is 0 Å². The van der Waals surface area contributed by atoms with E-state index in [4.69, 9.17) is 23.2 Å². The molecule has 0 spiro atoms. The van der Waals surface area contributed by atoms with Crippen LogP contribution < -0.4 is 16.3 Å². The predicted molar refractivity (Wildman–Crippen MR) is 131 cm³/mol. The van der Waals surface area contributed by atoms with Crippen molar-refractivity contribution in [1.82, 2.24) is 20.9 Å². The fourth-order valence-corrected chi connectivity index (χ4v) is 3.71. The van der Waals surface area contributed by atoms with Crippen molar-refractivity contribution in [2.24, 2.45) is 5.10 Å². The van der Waals surface area contributed by atoms with Gasteiger partial charge < -0.3 is 5.32 Å². The van der Waals surface area contributed by atoms with Crippen LogP contribution in [0.3, 0.4) is 0 Å². The molecule has 2 amide bonds. The van der Waals surface area contributed by atoms with E-state index < -0.39 is 23.4 Å². The number of amides is 2. The largest absolute Gasteiger partial charge is 0.335 e. The van der Waals surface area contributed by atoms with Gasteiger partial charge in [0, 0.05) is 21.5 Å². The van der Waals surface area contributed by atoms with E-state index in [0.29, 0.717) is 31.9 Å². The van der Waals surface area contributed by atoms with Gasteiger partial charge in [0.15, 0.2) is 6.04 Å². The summed E-state index contributed by atoms with van der Waals surface area (Å²) in [5.74, 6) is -1.17. The third-order valence-corrected chi connectivity index (χ3v) is 5.48. The summed E-state index contributed by atoms with van der Waals surface area (Å²) >= 11 is 12.0. The Labute approximate surface area is 203 Å². The lowest BCUT2D eigenvalue weighted by molar-refractivity contribution is -0.123. The molecule has 170 valence electrons. The molecule has 3 aromatic carbocycles. The molecule has 10 heteroatoms. The van der Waals surface area contributed by atoms with Gasteiger partial charge in [-0.1, -0.05) is 65.7 Å². The highest BCUT2D eigenvalue weighted by molar-refractivity contribution is 6.36. The Balaban J connectivity index is 1.67. The number of rotatable bonds is 6. The maximum absolute atomic E-state index is 13.1. The number of hydrazone groups is 1. The van der Waals surface area contributed by atoms with E-state index in [9.17, 15) is 14.4 Å². The van der Waals surface area contributed by atoms with Crippen molar-refractivity contribution in [3.05, 3.63) is 110 Å². The van der Waals surface area contributed by atoms with E-state index in [0.717, 1.165) is 0 Å². The standard InChI is InChI=1S/C24H17Cl2N5O3/c25-16-11-10-15(19(26)12-16)13-27-30-24(34)21(28-22(32)14-6-2-1-3-7-14)20-17-8-4-5-9-18(17)23(33)31-29-20/h1-13,21H,(H,28,32)(H,30,34)(H,31,33)/b27-13-/t21-/m0/s1. The summed E-state index contributed by atoms with van der Waals surface area (Å²) in [6.45, 7) is 0. The molecule has 1 heterocycles. The number of carbonyl (C=O) groups excluding carboxylic acids is 2. The van der Waals surface area contributed by atoms with Gasteiger partial charge in [-0.25, -0.2) is 10.5 Å². The second kappa shape index (κ2) is 10.3. The Morgan fingerprint density at radius 1 is 0.971 bits per heavy atom. The molecule has 0 bridgehead atoms. The summed E-state index contributed by atoms with van der Waals surface area (Å²) < 4.78 is 0. The molecular formula is C24H17Cl2N5O3. The number of nitrogens with one attached hydrogen (secondary N) is 3. The molecule has 0 aliphatic rings. The summed E-state index contributed by atoms with van der Waals surface area (Å²) in [7, 11) is 0. The third kappa shape index (κ3) is 5.14. The zero-order valence-corrected chi connectivity index (χ0v) is 19.0. The van der Waals surface area contributed by atoms with Crippen molar-refractivity contribution in [2.75, 3.05) is 0 Å². The quantitative estimate of drug-likeness (QED) is 0.279. The molecule has 0 aliphatic carbocycles. The predicted octanol–water partition coefficient (Wildman–Crippen LogP) is 3.85. The lowest BCUT2D eigenvalue weighted by atomic mass is 10.0. The molecular weight excluding hydrogens is 477 g/mol. The van der Waals surface area contributed by atoms with Crippen molar-refractivity contribution >= 4 is 52.0 Å². The molecule has 34 heavy (non-hydrogen) atoms. The topological polar surface area (TPSA) is 116 Å². The minimum atomic E-state index is -1.26. The first-order chi connectivity index (χ1) is 16.4. The summed E-state index contributed by atoms with van der Waals surface area (Å²) in [4.78, 5) is 38.2. The highest BCUT2D eigenvalue weighted by Gasteiger charge is 2.27. The fraction of sp³-hybridized carbons (Fsp3) is 0.0417. The van der Waals surface area contributed by atoms with Gasteiger partial charge in [0.2, 0.25) is 0 Å². The number of carbonyl (C=O) groups is 2. The van der Waals surface area contributed by atoms with Crippen molar-refractivity contribution in [3.8, 4) is 0 Å². The van der Waals surface area contributed by atoms with E-state index in [1.807, 2.05) is 0 Å². The lowest BCUT2D eigenvalue weighted by Crippen LogP contribution is -2.40. The van der Waals surface area contributed by atoms with Crippen molar-refractivity contribution < 1.29 is 9.59 Å². The van der Waals surface area contributed by atoms with Crippen molar-refractivity contribution in [1.29, 1.82) is 0 Å². The number of nitrogens with zero attached hydrogens (tertiary/aromatic N) is 2. The number of benzene rings is 3. The Morgan fingerprint density at radius 2 is 1.68 bits per heavy atom. The fourth-order valence-electron chi connectivity index (χ4n) is 3.25. The second-order valence-electron chi connectivity index (χ2n) is 7.16. The smallest absolute Gasteiger partial charge is 0.272 e. The number of aromatic nitrogens is 2. The number of fused-ring (bicyclic) bond motifs is 1. The third-order valence-electron chi connectivity index (χ3n) is 4.91. The highest BCUT2D eigenvalue weighted by Crippen LogP contribution is 2.21. The molecule has 0 unspecified atom stereocenters. The number of hydrogen-bond donors (Lipinski definition) is 3. The molecule has 0 radical (unpaired) electrons. The van der Waals surface area contributed by atoms with Crippen LogP contribution in [0.1, 0.15) is 27.7 Å². The van der Waals surface area contributed by atoms with Crippen LogP contribution in [-0.4, -0.2) is 28.2 Å². The molecule has 8 nitrogen and oxygen atoms in total. The molecule has 4 rings (SSSR count). The molecule has 0 saturated carbocycles. The lowest BCUT2D eigenvalue weighted by Gasteiger charge is -2.18. The van der Waals surface area contributed by atoms with Crippen LogP contribution in [0, 0.1) is 0 Å².